The Morgan fingerprint density at radius 2 is 2.07 bits per heavy atom. The van der Waals surface area contributed by atoms with E-state index in [-0.39, 0.29) is 36.1 Å². The minimum absolute atomic E-state index is 0. The lowest BCUT2D eigenvalue weighted by atomic mass is 10.1. The van der Waals surface area contributed by atoms with Crippen LogP contribution in [0.3, 0.4) is 0 Å². The Labute approximate surface area is 195 Å². The van der Waals surface area contributed by atoms with Gasteiger partial charge in [0.2, 0.25) is 0 Å². The van der Waals surface area contributed by atoms with Crippen LogP contribution in [0.25, 0.3) is 0 Å². The van der Waals surface area contributed by atoms with Crippen LogP contribution in [0.15, 0.2) is 29.3 Å². The van der Waals surface area contributed by atoms with Crippen LogP contribution in [0.4, 0.5) is 0 Å². The monoisotopic (exact) mass is 528 g/mol. The van der Waals surface area contributed by atoms with E-state index >= 15 is 0 Å². The first kappa shape index (κ1) is 24.4. The number of hydrogen-bond acceptors (Lipinski definition) is 5. The second-order valence-corrected chi connectivity index (χ2v) is 7.45. The Hall–Kier alpha value is -1.88. The molecule has 0 saturated heterocycles. The van der Waals surface area contributed by atoms with Crippen LogP contribution in [-0.2, 0) is 30.9 Å². The molecule has 1 aromatic heterocycles. The molecule has 0 aliphatic carbocycles. The highest BCUT2D eigenvalue weighted by atomic mass is 127. The maximum absolute atomic E-state index is 5.70. The lowest BCUT2D eigenvalue weighted by molar-refractivity contribution is 0.177. The molecule has 1 atom stereocenters. The molecule has 0 fully saturated rings. The predicted octanol–water partition coefficient (Wildman–Crippen LogP) is 2.90. The molecule has 1 aliphatic heterocycles. The largest absolute Gasteiger partial charge is 0.491 e. The number of benzene rings is 1. The number of halogens is 1. The Balaban J connectivity index is 0.00000320. The molecular weight excluding hydrogens is 495 g/mol. The highest BCUT2D eigenvalue weighted by molar-refractivity contribution is 14.0. The number of aromatic nitrogens is 3. The quantitative estimate of drug-likeness (QED) is 0.312. The fourth-order valence-electron chi connectivity index (χ4n) is 3.30. The first-order valence-corrected chi connectivity index (χ1v) is 10.3. The Kier molecular flexibility index (Phi) is 9.83. The first-order chi connectivity index (χ1) is 14.1. The molecule has 0 bridgehead atoms. The molecule has 0 radical (unpaired) electrons. The zero-order valence-corrected chi connectivity index (χ0v) is 20.6. The van der Waals surface area contributed by atoms with E-state index < -0.39 is 0 Å². The number of aliphatic imine (C=N–C) groups is 1. The lowest BCUT2D eigenvalue weighted by Crippen LogP contribution is -2.47. The van der Waals surface area contributed by atoms with Crippen LogP contribution >= 0.6 is 24.0 Å². The number of methoxy groups -OCH3 is 1. The van der Waals surface area contributed by atoms with Crippen LogP contribution in [0.1, 0.15) is 44.4 Å². The maximum Gasteiger partial charge on any atom is 0.191 e. The van der Waals surface area contributed by atoms with Gasteiger partial charge in [0.15, 0.2) is 11.8 Å². The van der Waals surface area contributed by atoms with Crippen molar-refractivity contribution in [3.8, 4) is 5.75 Å². The Bertz CT molecular complexity index is 806. The number of nitrogens with one attached hydrogen (secondary N) is 2. The van der Waals surface area contributed by atoms with Gasteiger partial charge in [-0.2, -0.15) is 5.10 Å². The summed E-state index contributed by atoms with van der Waals surface area (Å²) in [5, 5.41) is 11.4. The van der Waals surface area contributed by atoms with Crippen molar-refractivity contribution in [2.24, 2.45) is 4.99 Å². The van der Waals surface area contributed by atoms with E-state index in [0.717, 1.165) is 54.9 Å². The topological polar surface area (TPSA) is 85.6 Å². The second kappa shape index (κ2) is 12.1. The molecule has 8 nitrogen and oxygen atoms in total. The molecule has 2 heterocycles. The zero-order chi connectivity index (χ0) is 20.6. The summed E-state index contributed by atoms with van der Waals surface area (Å²) in [6.45, 7) is 8.77. The minimum Gasteiger partial charge on any atom is -0.491 e. The van der Waals surface area contributed by atoms with E-state index in [9.17, 15) is 0 Å². The molecule has 1 unspecified atom stereocenters. The van der Waals surface area contributed by atoms with Gasteiger partial charge in [-0.1, -0.05) is 12.1 Å². The van der Waals surface area contributed by atoms with Crippen LogP contribution in [0.2, 0.25) is 0 Å². The smallest absolute Gasteiger partial charge is 0.191 e. The van der Waals surface area contributed by atoms with E-state index in [0.29, 0.717) is 13.2 Å². The highest BCUT2D eigenvalue weighted by Crippen LogP contribution is 2.15. The van der Waals surface area contributed by atoms with Gasteiger partial charge < -0.3 is 20.1 Å². The summed E-state index contributed by atoms with van der Waals surface area (Å²) >= 11 is 0. The summed E-state index contributed by atoms with van der Waals surface area (Å²) < 4.78 is 12.8. The van der Waals surface area contributed by atoms with Gasteiger partial charge in [-0.05, 0) is 44.9 Å². The van der Waals surface area contributed by atoms with Crippen LogP contribution in [0.5, 0.6) is 5.75 Å². The number of guanidine groups is 1. The molecule has 0 spiro atoms. The summed E-state index contributed by atoms with van der Waals surface area (Å²) in [7, 11) is 1.66. The number of nitrogens with zero attached hydrogens (tertiary/aromatic N) is 4. The molecule has 0 saturated carbocycles. The SMILES string of the molecule is CCNC(=NCc1ccc(OC(C)C)cc1)NC1CCc2nc(COC)nn2C1.I. The van der Waals surface area contributed by atoms with E-state index in [1.165, 1.54) is 0 Å². The molecule has 3 rings (SSSR count). The normalized spacial score (nSPS) is 16.0. The summed E-state index contributed by atoms with van der Waals surface area (Å²) in [6, 6.07) is 8.38. The number of hydrogen-bond donors (Lipinski definition) is 2. The van der Waals surface area contributed by atoms with Crippen LogP contribution < -0.4 is 15.4 Å². The predicted molar refractivity (Wildman–Crippen MR) is 128 cm³/mol. The number of aryl methyl sites for hydroxylation is 1. The van der Waals surface area contributed by atoms with E-state index in [1.807, 2.05) is 30.7 Å². The third-order valence-electron chi connectivity index (χ3n) is 4.58. The fourth-order valence-corrected chi connectivity index (χ4v) is 3.30. The summed E-state index contributed by atoms with van der Waals surface area (Å²) in [5.41, 5.74) is 1.14. The third kappa shape index (κ3) is 7.12. The molecule has 2 N–H and O–H groups in total. The van der Waals surface area contributed by atoms with Gasteiger partial charge in [-0.25, -0.2) is 14.7 Å². The fraction of sp³-hybridized carbons (Fsp3) is 0.571. The minimum atomic E-state index is 0. The van der Waals surface area contributed by atoms with Gasteiger partial charge >= 0.3 is 0 Å². The highest BCUT2D eigenvalue weighted by Gasteiger charge is 2.22. The van der Waals surface area contributed by atoms with Crippen molar-refractivity contribution in [1.82, 2.24) is 25.4 Å². The molecule has 166 valence electrons. The van der Waals surface area contributed by atoms with Gasteiger partial charge in [0.1, 0.15) is 18.2 Å². The number of rotatable bonds is 8. The Morgan fingerprint density at radius 1 is 1.30 bits per heavy atom. The average Bonchev–Trinajstić information content (AvgIpc) is 3.09. The van der Waals surface area contributed by atoms with Crippen molar-refractivity contribution in [2.45, 2.75) is 65.5 Å². The van der Waals surface area contributed by atoms with Crippen LogP contribution in [-0.4, -0.2) is 46.5 Å². The lowest BCUT2D eigenvalue weighted by Gasteiger charge is -2.25. The van der Waals surface area contributed by atoms with E-state index in [2.05, 4.69) is 39.8 Å². The molecule has 1 aliphatic rings. The second-order valence-electron chi connectivity index (χ2n) is 7.45. The van der Waals surface area contributed by atoms with Crippen molar-refractivity contribution in [1.29, 1.82) is 0 Å². The average molecular weight is 528 g/mol. The van der Waals surface area contributed by atoms with Crippen molar-refractivity contribution in [2.75, 3.05) is 13.7 Å². The number of fused-ring (bicyclic) bond motifs is 1. The van der Waals surface area contributed by atoms with Gasteiger partial charge in [0.25, 0.3) is 0 Å². The van der Waals surface area contributed by atoms with Crippen molar-refractivity contribution in [3.63, 3.8) is 0 Å². The third-order valence-corrected chi connectivity index (χ3v) is 4.58. The van der Waals surface area contributed by atoms with Gasteiger partial charge in [0.05, 0.1) is 19.2 Å². The summed E-state index contributed by atoms with van der Waals surface area (Å²) in [4.78, 5) is 9.28. The Morgan fingerprint density at radius 3 is 2.73 bits per heavy atom. The molecule has 1 aromatic carbocycles. The summed E-state index contributed by atoms with van der Waals surface area (Å²) in [5.74, 6) is 3.48. The summed E-state index contributed by atoms with van der Waals surface area (Å²) in [6.07, 6.45) is 2.07. The van der Waals surface area contributed by atoms with E-state index in [4.69, 9.17) is 14.5 Å². The van der Waals surface area contributed by atoms with Crippen LogP contribution in [0, 0.1) is 0 Å². The van der Waals surface area contributed by atoms with Gasteiger partial charge in [-0.15, -0.1) is 24.0 Å². The van der Waals surface area contributed by atoms with Crippen molar-refractivity contribution in [3.05, 3.63) is 41.5 Å². The van der Waals surface area contributed by atoms with E-state index in [1.54, 1.807) is 7.11 Å². The zero-order valence-electron chi connectivity index (χ0n) is 18.2. The standard InChI is InChI=1S/C21H32N6O2.HI/c1-5-22-21(23-12-16-6-9-18(10-7-16)29-15(2)3)24-17-8-11-20-25-19(14-28-4)26-27(20)13-17;/h6-7,9-10,15,17H,5,8,11-14H2,1-4H3,(H2,22,23,24);1H. The van der Waals surface area contributed by atoms with Crippen molar-refractivity contribution < 1.29 is 9.47 Å². The maximum atomic E-state index is 5.70. The van der Waals surface area contributed by atoms with Crippen molar-refractivity contribution >= 4 is 29.9 Å². The molecule has 9 heteroatoms. The molecule has 0 amide bonds. The molecular formula is C21H33IN6O2. The molecule has 2 aromatic rings. The first-order valence-electron chi connectivity index (χ1n) is 10.3. The van der Waals surface area contributed by atoms with Gasteiger partial charge in [-0.3, -0.25) is 0 Å². The molecule has 30 heavy (non-hydrogen) atoms. The number of ether oxygens (including phenoxy) is 2. The van der Waals surface area contributed by atoms with Gasteiger partial charge in [0, 0.05) is 26.1 Å².